The van der Waals surface area contributed by atoms with Crippen molar-refractivity contribution in [1.82, 2.24) is 9.97 Å². The van der Waals surface area contributed by atoms with Crippen molar-refractivity contribution in [3.05, 3.63) is 48.3 Å². The largest absolute Gasteiger partial charge is 0.296 e. The van der Waals surface area contributed by atoms with E-state index in [1.54, 1.807) is 12.3 Å². The fourth-order valence-corrected chi connectivity index (χ4v) is 1.16. The molecule has 2 rings (SSSR count). The van der Waals surface area contributed by atoms with Crippen molar-refractivity contribution in [2.45, 2.75) is 0 Å². The van der Waals surface area contributed by atoms with E-state index in [4.69, 9.17) is 0 Å². The number of hydrogen-bond donors (Lipinski definition) is 0. The molecule has 3 nitrogen and oxygen atoms in total. The van der Waals surface area contributed by atoms with E-state index in [-0.39, 0.29) is 0 Å². The van der Waals surface area contributed by atoms with E-state index in [1.165, 1.54) is 0 Å². The number of rotatable bonds is 2. The zero-order valence-electron chi connectivity index (χ0n) is 7.42. The molecule has 0 saturated carbocycles. The van der Waals surface area contributed by atoms with Crippen LogP contribution in [0.15, 0.2) is 42.6 Å². The summed E-state index contributed by atoms with van der Waals surface area (Å²) >= 11 is 0. The van der Waals surface area contributed by atoms with Crippen molar-refractivity contribution in [1.29, 1.82) is 0 Å². The number of aldehydes is 1. The molecule has 0 atom stereocenters. The number of carbonyl (C=O) groups excluding carboxylic acids is 1. The second-order valence-corrected chi connectivity index (χ2v) is 2.79. The van der Waals surface area contributed by atoms with E-state index < -0.39 is 0 Å². The third-order valence-electron chi connectivity index (χ3n) is 1.83. The van der Waals surface area contributed by atoms with E-state index in [1.807, 2.05) is 30.3 Å². The van der Waals surface area contributed by atoms with Crippen LogP contribution in [0.5, 0.6) is 0 Å². The van der Waals surface area contributed by atoms with Gasteiger partial charge in [0.15, 0.2) is 12.1 Å². The summed E-state index contributed by atoms with van der Waals surface area (Å²) in [5.41, 5.74) is 1.31. The van der Waals surface area contributed by atoms with Gasteiger partial charge in [-0.1, -0.05) is 30.3 Å². The number of nitrogens with zero attached hydrogens (tertiary/aromatic N) is 2. The van der Waals surface area contributed by atoms with E-state index in [0.29, 0.717) is 17.8 Å². The molecule has 0 fully saturated rings. The summed E-state index contributed by atoms with van der Waals surface area (Å²) in [7, 11) is 0. The van der Waals surface area contributed by atoms with E-state index >= 15 is 0 Å². The van der Waals surface area contributed by atoms with Gasteiger partial charge in [0.2, 0.25) is 0 Å². The van der Waals surface area contributed by atoms with Crippen LogP contribution in [0.2, 0.25) is 0 Å². The molecule has 0 saturated heterocycles. The molecular weight excluding hydrogens is 176 g/mol. The van der Waals surface area contributed by atoms with E-state index in [0.717, 1.165) is 5.56 Å². The molecule has 2 aromatic rings. The molecular formula is C11H8N2O. The van der Waals surface area contributed by atoms with Gasteiger partial charge >= 0.3 is 0 Å². The molecule has 14 heavy (non-hydrogen) atoms. The SMILES string of the molecule is O=Cc1ccnc(-c2ccccc2)n1. The summed E-state index contributed by atoms with van der Waals surface area (Å²) < 4.78 is 0. The Hall–Kier alpha value is -2.03. The third-order valence-corrected chi connectivity index (χ3v) is 1.83. The molecule has 0 radical (unpaired) electrons. The predicted octanol–water partition coefficient (Wildman–Crippen LogP) is 1.96. The van der Waals surface area contributed by atoms with Gasteiger partial charge in [-0.2, -0.15) is 0 Å². The average molecular weight is 184 g/mol. The summed E-state index contributed by atoms with van der Waals surface area (Å²) in [6, 6.07) is 11.1. The van der Waals surface area contributed by atoms with Crippen LogP contribution in [0.3, 0.4) is 0 Å². The Balaban J connectivity index is 2.47. The van der Waals surface area contributed by atoms with Gasteiger partial charge in [-0.3, -0.25) is 4.79 Å². The van der Waals surface area contributed by atoms with Crippen LogP contribution < -0.4 is 0 Å². The Morgan fingerprint density at radius 2 is 1.86 bits per heavy atom. The van der Waals surface area contributed by atoms with E-state index in [2.05, 4.69) is 9.97 Å². The fraction of sp³-hybridized carbons (Fsp3) is 0. The minimum atomic E-state index is 0.402. The van der Waals surface area contributed by atoms with E-state index in [9.17, 15) is 4.79 Å². The van der Waals surface area contributed by atoms with Gasteiger partial charge in [0.1, 0.15) is 5.69 Å². The van der Waals surface area contributed by atoms with Gasteiger partial charge in [0.05, 0.1) is 0 Å². The van der Waals surface area contributed by atoms with Crippen molar-refractivity contribution in [2.24, 2.45) is 0 Å². The predicted molar refractivity (Wildman–Crippen MR) is 52.9 cm³/mol. The lowest BCUT2D eigenvalue weighted by molar-refractivity contribution is 0.111. The molecule has 0 aliphatic rings. The minimum absolute atomic E-state index is 0.402. The highest BCUT2D eigenvalue weighted by Crippen LogP contribution is 2.12. The maximum absolute atomic E-state index is 10.5. The topological polar surface area (TPSA) is 42.9 Å². The van der Waals surface area contributed by atoms with Crippen molar-refractivity contribution in [2.75, 3.05) is 0 Å². The second kappa shape index (κ2) is 3.79. The number of hydrogen-bond acceptors (Lipinski definition) is 3. The first-order valence-electron chi connectivity index (χ1n) is 4.24. The molecule has 1 heterocycles. The van der Waals surface area contributed by atoms with Gasteiger partial charge in [-0.05, 0) is 6.07 Å². The molecule has 3 heteroatoms. The molecule has 0 unspecified atom stereocenters. The summed E-state index contributed by atoms with van der Waals surface area (Å²) in [6.45, 7) is 0. The first-order valence-corrected chi connectivity index (χ1v) is 4.24. The van der Waals surface area contributed by atoms with Crippen LogP contribution in [-0.2, 0) is 0 Å². The molecule has 0 N–H and O–H groups in total. The Morgan fingerprint density at radius 3 is 2.57 bits per heavy atom. The van der Waals surface area contributed by atoms with Crippen LogP contribution in [0.4, 0.5) is 0 Å². The standard InChI is InChI=1S/C11H8N2O/c14-8-10-6-7-12-11(13-10)9-4-2-1-3-5-9/h1-8H. The first kappa shape index (κ1) is 8.56. The Kier molecular flexibility index (Phi) is 2.32. The maximum atomic E-state index is 10.5. The summed E-state index contributed by atoms with van der Waals surface area (Å²) in [4.78, 5) is 18.7. The Bertz CT molecular complexity index is 440. The lowest BCUT2D eigenvalue weighted by Gasteiger charge is -1.98. The highest BCUT2D eigenvalue weighted by atomic mass is 16.1. The second-order valence-electron chi connectivity index (χ2n) is 2.79. The quantitative estimate of drug-likeness (QED) is 0.670. The van der Waals surface area contributed by atoms with Crippen molar-refractivity contribution in [3.8, 4) is 11.4 Å². The fourth-order valence-electron chi connectivity index (χ4n) is 1.16. The normalized spacial score (nSPS) is 9.71. The van der Waals surface area contributed by atoms with Crippen molar-refractivity contribution >= 4 is 6.29 Å². The highest BCUT2D eigenvalue weighted by molar-refractivity contribution is 5.72. The number of carbonyl (C=O) groups is 1. The lowest BCUT2D eigenvalue weighted by atomic mass is 10.2. The Labute approximate surface area is 81.5 Å². The van der Waals surface area contributed by atoms with Gasteiger partial charge in [0.25, 0.3) is 0 Å². The highest BCUT2D eigenvalue weighted by Gasteiger charge is 2.00. The van der Waals surface area contributed by atoms with Gasteiger partial charge in [-0.25, -0.2) is 9.97 Å². The van der Waals surface area contributed by atoms with Crippen LogP contribution in [0.1, 0.15) is 10.5 Å². The number of aromatic nitrogens is 2. The summed E-state index contributed by atoms with van der Waals surface area (Å²) in [5, 5.41) is 0. The summed E-state index contributed by atoms with van der Waals surface area (Å²) in [6.07, 6.45) is 2.30. The van der Waals surface area contributed by atoms with Crippen LogP contribution >= 0.6 is 0 Å². The molecule has 0 aliphatic carbocycles. The Morgan fingerprint density at radius 1 is 1.07 bits per heavy atom. The molecule has 0 bridgehead atoms. The zero-order chi connectivity index (χ0) is 9.80. The lowest BCUT2D eigenvalue weighted by Crippen LogP contribution is -1.92. The molecule has 0 amide bonds. The van der Waals surface area contributed by atoms with Gasteiger partial charge < -0.3 is 0 Å². The van der Waals surface area contributed by atoms with Crippen LogP contribution in [0.25, 0.3) is 11.4 Å². The van der Waals surface area contributed by atoms with Crippen LogP contribution in [0, 0.1) is 0 Å². The minimum Gasteiger partial charge on any atom is -0.296 e. The first-order chi connectivity index (χ1) is 6.90. The van der Waals surface area contributed by atoms with Crippen molar-refractivity contribution < 1.29 is 4.79 Å². The third kappa shape index (κ3) is 1.66. The summed E-state index contributed by atoms with van der Waals surface area (Å²) in [5.74, 6) is 0.579. The molecule has 0 aliphatic heterocycles. The average Bonchev–Trinajstić information content (AvgIpc) is 2.30. The molecule has 1 aromatic carbocycles. The smallest absolute Gasteiger partial charge is 0.168 e. The van der Waals surface area contributed by atoms with Gasteiger partial charge in [0, 0.05) is 11.8 Å². The monoisotopic (exact) mass is 184 g/mol. The zero-order valence-corrected chi connectivity index (χ0v) is 7.42. The number of benzene rings is 1. The van der Waals surface area contributed by atoms with Crippen LogP contribution in [-0.4, -0.2) is 16.3 Å². The maximum Gasteiger partial charge on any atom is 0.168 e. The van der Waals surface area contributed by atoms with Gasteiger partial charge in [-0.15, -0.1) is 0 Å². The molecule has 1 aromatic heterocycles. The van der Waals surface area contributed by atoms with Crippen molar-refractivity contribution in [3.63, 3.8) is 0 Å². The molecule has 0 spiro atoms. The molecule has 68 valence electrons.